The quantitative estimate of drug-likeness (QED) is 0.525. The molecule has 0 aliphatic carbocycles. The van der Waals surface area contributed by atoms with E-state index in [2.05, 4.69) is 0 Å². The van der Waals surface area contributed by atoms with Crippen molar-refractivity contribution in [3.63, 3.8) is 0 Å². The maximum atomic E-state index is 11.5. The van der Waals surface area contributed by atoms with E-state index in [1.54, 1.807) is 0 Å². The molecule has 1 heterocycles. The van der Waals surface area contributed by atoms with Gasteiger partial charge in [-0.1, -0.05) is 0 Å². The molecule has 1 aromatic carbocycles. The van der Waals surface area contributed by atoms with Crippen LogP contribution in [0.1, 0.15) is 17.3 Å². The van der Waals surface area contributed by atoms with Gasteiger partial charge < -0.3 is 4.90 Å². The number of hydrogen-bond donors (Lipinski definition) is 0. The number of non-ortho nitro benzene ring substituents is 1. The lowest BCUT2D eigenvalue weighted by Gasteiger charge is -2.12. The van der Waals surface area contributed by atoms with Gasteiger partial charge in [-0.25, -0.2) is 0 Å². The van der Waals surface area contributed by atoms with E-state index in [9.17, 15) is 19.7 Å². The van der Waals surface area contributed by atoms with Gasteiger partial charge in [0, 0.05) is 19.1 Å². The van der Waals surface area contributed by atoms with E-state index in [-0.39, 0.29) is 29.5 Å². The second kappa shape index (κ2) is 3.41. The van der Waals surface area contributed by atoms with Crippen LogP contribution in [0.3, 0.4) is 0 Å². The predicted octanol–water partition coefficient (Wildman–Crippen LogP) is 1.14. The van der Waals surface area contributed by atoms with Crippen LogP contribution in [-0.2, 0) is 4.79 Å². The number of nitro benzene ring substituents is 1. The van der Waals surface area contributed by atoms with Gasteiger partial charge in [-0.15, -0.1) is 0 Å². The molecule has 1 amide bonds. The molecule has 0 radical (unpaired) electrons. The number of hydrogen-bond acceptors (Lipinski definition) is 4. The molecule has 0 bridgehead atoms. The molecule has 0 N–H and O–H groups in total. The maximum Gasteiger partial charge on any atom is 0.270 e. The Labute approximate surface area is 90.6 Å². The number of nitrogens with zero attached hydrogens (tertiary/aromatic N) is 2. The smallest absolute Gasteiger partial charge is 0.270 e. The number of ketones is 1. The average Bonchev–Trinajstić information content (AvgIpc) is 2.56. The van der Waals surface area contributed by atoms with E-state index >= 15 is 0 Å². The highest BCUT2D eigenvalue weighted by molar-refractivity contribution is 6.15. The summed E-state index contributed by atoms with van der Waals surface area (Å²) in [5.41, 5.74) is 0.546. The van der Waals surface area contributed by atoms with Gasteiger partial charge in [0.1, 0.15) is 0 Å². The summed E-state index contributed by atoms with van der Waals surface area (Å²) in [7, 11) is 0. The van der Waals surface area contributed by atoms with Crippen LogP contribution >= 0.6 is 0 Å². The van der Waals surface area contributed by atoms with Crippen LogP contribution in [0.2, 0.25) is 0 Å². The number of nitro groups is 1. The monoisotopic (exact) mass is 220 g/mol. The van der Waals surface area contributed by atoms with Crippen LogP contribution in [-0.4, -0.2) is 23.2 Å². The van der Waals surface area contributed by atoms with Gasteiger partial charge in [0.2, 0.25) is 5.91 Å². The molecule has 0 aromatic heterocycles. The lowest BCUT2D eigenvalue weighted by Crippen LogP contribution is -2.27. The summed E-state index contributed by atoms with van der Waals surface area (Å²) in [6, 6.07) is 3.92. The van der Waals surface area contributed by atoms with Crippen LogP contribution in [0.25, 0.3) is 0 Å². The fourth-order valence-corrected chi connectivity index (χ4v) is 1.69. The van der Waals surface area contributed by atoms with Gasteiger partial charge in [-0.2, -0.15) is 0 Å². The first-order chi connectivity index (χ1) is 7.50. The molecule has 2 rings (SSSR count). The van der Waals surface area contributed by atoms with Crippen LogP contribution in [0, 0.1) is 10.1 Å². The van der Waals surface area contributed by atoms with Crippen LogP contribution in [0.15, 0.2) is 18.2 Å². The SMILES string of the molecule is CC(=O)N1CC(=O)c2cc([N+](=O)[O-])ccc21. The highest BCUT2D eigenvalue weighted by atomic mass is 16.6. The summed E-state index contributed by atoms with van der Waals surface area (Å²) in [5.74, 6) is -0.519. The van der Waals surface area contributed by atoms with E-state index < -0.39 is 4.92 Å². The minimum Gasteiger partial charge on any atom is -0.304 e. The number of benzene rings is 1. The molecule has 0 saturated carbocycles. The molecule has 0 fully saturated rings. The second-order valence-electron chi connectivity index (χ2n) is 3.49. The van der Waals surface area contributed by atoms with E-state index in [0.29, 0.717) is 5.69 Å². The van der Waals surface area contributed by atoms with Gasteiger partial charge in [-0.3, -0.25) is 19.7 Å². The van der Waals surface area contributed by atoms with Gasteiger partial charge in [0.25, 0.3) is 5.69 Å². The van der Waals surface area contributed by atoms with Crippen LogP contribution in [0.5, 0.6) is 0 Å². The molecule has 82 valence electrons. The molecule has 1 aromatic rings. The molecule has 6 nitrogen and oxygen atoms in total. The molecule has 16 heavy (non-hydrogen) atoms. The Bertz CT molecular complexity index is 510. The van der Waals surface area contributed by atoms with Gasteiger partial charge in [-0.05, 0) is 6.07 Å². The number of anilines is 1. The third-order valence-corrected chi connectivity index (χ3v) is 2.46. The highest BCUT2D eigenvalue weighted by Crippen LogP contribution is 2.31. The summed E-state index contributed by atoms with van der Waals surface area (Å²) in [6.07, 6.45) is 0. The zero-order valence-corrected chi connectivity index (χ0v) is 8.47. The first-order valence-electron chi connectivity index (χ1n) is 4.60. The van der Waals surface area contributed by atoms with E-state index in [1.165, 1.54) is 30.0 Å². The summed E-state index contributed by atoms with van der Waals surface area (Å²) in [5, 5.41) is 10.5. The summed E-state index contributed by atoms with van der Waals surface area (Å²) in [6.45, 7) is 1.32. The molecule has 0 saturated heterocycles. The molecule has 6 heteroatoms. The van der Waals surface area contributed by atoms with Crippen molar-refractivity contribution in [1.82, 2.24) is 0 Å². The predicted molar refractivity (Wildman–Crippen MR) is 55.5 cm³/mol. The van der Waals surface area contributed by atoms with Crippen molar-refractivity contribution in [2.24, 2.45) is 0 Å². The lowest BCUT2D eigenvalue weighted by molar-refractivity contribution is -0.384. The zero-order chi connectivity index (χ0) is 11.9. The Kier molecular flexibility index (Phi) is 2.19. The van der Waals surface area contributed by atoms with Crippen molar-refractivity contribution in [1.29, 1.82) is 0 Å². The fraction of sp³-hybridized carbons (Fsp3) is 0.200. The number of Topliss-reactive ketones (excluding diaryl/α,β-unsaturated/α-hetero) is 1. The van der Waals surface area contributed by atoms with Gasteiger partial charge in [0.05, 0.1) is 22.7 Å². The van der Waals surface area contributed by atoms with Crippen molar-refractivity contribution >= 4 is 23.1 Å². The Morgan fingerprint density at radius 1 is 1.50 bits per heavy atom. The molecular formula is C10H8N2O4. The third kappa shape index (κ3) is 1.44. The van der Waals surface area contributed by atoms with E-state index in [4.69, 9.17) is 0 Å². The summed E-state index contributed by atoms with van der Waals surface area (Å²) in [4.78, 5) is 34.0. The number of carbonyl (C=O) groups is 2. The maximum absolute atomic E-state index is 11.5. The largest absolute Gasteiger partial charge is 0.304 e. The number of carbonyl (C=O) groups excluding carboxylic acids is 2. The van der Waals surface area contributed by atoms with Crippen molar-refractivity contribution in [3.05, 3.63) is 33.9 Å². The van der Waals surface area contributed by atoms with Crippen molar-refractivity contribution in [2.45, 2.75) is 6.92 Å². The van der Waals surface area contributed by atoms with Gasteiger partial charge in [0.15, 0.2) is 5.78 Å². The second-order valence-corrected chi connectivity index (χ2v) is 3.49. The van der Waals surface area contributed by atoms with Crippen LogP contribution < -0.4 is 4.90 Å². The molecule has 1 aliphatic heterocycles. The third-order valence-electron chi connectivity index (χ3n) is 2.46. The molecule has 1 aliphatic rings. The van der Waals surface area contributed by atoms with Crippen LogP contribution in [0.4, 0.5) is 11.4 Å². The first-order valence-corrected chi connectivity index (χ1v) is 4.60. The topological polar surface area (TPSA) is 80.5 Å². The minimum atomic E-state index is -0.565. The molecule has 0 atom stereocenters. The Morgan fingerprint density at radius 3 is 2.75 bits per heavy atom. The minimum absolute atomic E-state index is 0.0359. The molecule has 0 unspecified atom stereocenters. The number of rotatable bonds is 1. The number of fused-ring (bicyclic) bond motifs is 1. The van der Waals surface area contributed by atoms with Gasteiger partial charge >= 0.3 is 0 Å². The Balaban J connectivity index is 2.53. The summed E-state index contributed by atoms with van der Waals surface area (Å²) >= 11 is 0. The first kappa shape index (κ1) is 10.3. The number of amides is 1. The molecule has 0 spiro atoms. The molecular weight excluding hydrogens is 212 g/mol. The Hall–Kier alpha value is -2.24. The average molecular weight is 220 g/mol. The van der Waals surface area contributed by atoms with E-state index in [1.807, 2.05) is 0 Å². The zero-order valence-electron chi connectivity index (χ0n) is 8.47. The van der Waals surface area contributed by atoms with Crippen molar-refractivity contribution in [3.8, 4) is 0 Å². The van der Waals surface area contributed by atoms with Crippen molar-refractivity contribution < 1.29 is 14.5 Å². The van der Waals surface area contributed by atoms with Crippen molar-refractivity contribution in [2.75, 3.05) is 11.4 Å². The normalized spacial score (nSPS) is 13.8. The lowest BCUT2D eigenvalue weighted by atomic mass is 10.1. The van der Waals surface area contributed by atoms with E-state index in [0.717, 1.165) is 0 Å². The standard InChI is InChI=1S/C10H8N2O4/c1-6(13)11-5-10(14)8-4-7(12(15)16)2-3-9(8)11/h2-4H,5H2,1H3. The Morgan fingerprint density at radius 2 is 2.19 bits per heavy atom. The fourth-order valence-electron chi connectivity index (χ4n) is 1.69. The summed E-state index contributed by atoms with van der Waals surface area (Å²) < 4.78 is 0. The highest BCUT2D eigenvalue weighted by Gasteiger charge is 2.30.